The lowest BCUT2D eigenvalue weighted by Gasteiger charge is -2.31. The molecule has 1 N–H and O–H groups in total. The molecule has 1 unspecified atom stereocenters. The van der Waals surface area contributed by atoms with Gasteiger partial charge >= 0.3 is 0 Å². The molecule has 0 bridgehead atoms. The van der Waals surface area contributed by atoms with E-state index in [9.17, 15) is 4.79 Å². The smallest absolute Gasteiger partial charge is 0.253 e. The number of ether oxygens (including phenoxy) is 1. The number of fused-ring (bicyclic) bond motifs is 1. The Morgan fingerprint density at radius 1 is 1.27 bits per heavy atom. The zero-order valence-corrected chi connectivity index (χ0v) is 17.8. The van der Waals surface area contributed by atoms with Crippen LogP contribution in [-0.2, 0) is 17.8 Å². The highest BCUT2D eigenvalue weighted by molar-refractivity contribution is 5.96. The van der Waals surface area contributed by atoms with Crippen LogP contribution in [0.3, 0.4) is 0 Å². The van der Waals surface area contributed by atoms with E-state index < -0.39 is 0 Å². The van der Waals surface area contributed by atoms with Gasteiger partial charge in [-0.3, -0.25) is 9.69 Å². The molecule has 30 heavy (non-hydrogen) atoms. The van der Waals surface area contributed by atoms with E-state index in [2.05, 4.69) is 59.3 Å². The molecular formula is C23H29N5O2. The lowest BCUT2D eigenvalue weighted by Crippen LogP contribution is -2.40. The zero-order valence-electron chi connectivity index (χ0n) is 17.8. The Labute approximate surface area is 177 Å². The zero-order chi connectivity index (χ0) is 21.1. The number of aromatic nitrogens is 3. The molecule has 2 aromatic heterocycles. The van der Waals surface area contributed by atoms with Gasteiger partial charge in [-0.15, -0.1) is 0 Å². The third-order valence-corrected chi connectivity index (χ3v) is 5.36. The number of hydrogen-bond acceptors (Lipinski definition) is 5. The largest absolute Gasteiger partial charge is 0.376 e. The highest BCUT2D eigenvalue weighted by Gasteiger charge is 2.17. The first-order valence-corrected chi connectivity index (χ1v) is 10.5. The van der Waals surface area contributed by atoms with Crippen molar-refractivity contribution in [3.63, 3.8) is 0 Å². The van der Waals surface area contributed by atoms with Crippen LogP contribution in [0.1, 0.15) is 48.3 Å². The molecule has 1 aliphatic heterocycles. The Hall–Kier alpha value is -2.77. The lowest BCUT2D eigenvalue weighted by molar-refractivity contribution is -0.0212. The van der Waals surface area contributed by atoms with Gasteiger partial charge < -0.3 is 10.1 Å². The second-order valence-corrected chi connectivity index (χ2v) is 8.24. The minimum atomic E-state index is -0.130. The molecule has 0 radical (unpaired) electrons. The van der Waals surface area contributed by atoms with E-state index in [4.69, 9.17) is 4.74 Å². The Balaban J connectivity index is 1.38. The molecule has 1 aromatic carbocycles. The third kappa shape index (κ3) is 4.68. The summed E-state index contributed by atoms with van der Waals surface area (Å²) in [5.41, 5.74) is 3.68. The number of carbonyl (C=O) groups is 1. The average Bonchev–Trinajstić information content (AvgIpc) is 3.16. The highest BCUT2D eigenvalue weighted by atomic mass is 16.5. The molecule has 4 rings (SSSR count). The fraction of sp³-hybridized carbons (Fsp3) is 0.435. The normalized spacial score (nSPS) is 17.5. The Morgan fingerprint density at radius 2 is 2.10 bits per heavy atom. The molecule has 0 saturated carbocycles. The van der Waals surface area contributed by atoms with Crippen molar-refractivity contribution in [2.75, 3.05) is 19.7 Å². The maximum absolute atomic E-state index is 12.6. The van der Waals surface area contributed by atoms with Gasteiger partial charge in [-0.25, -0.2) is 9.67 Å². The summed E-state index contributed by atoms with van der Waals surface area (Å²) in [5.74, 6) is -0.130. The van der Waals surface area contributed by atoms with Crippen molar-refractivity contribution in [3.05, 3.63) is 59.4 Å². The molecule has 1 amide bonds. The van der Waals surface area contributed by atoms with E-state index in [0.29, 0.717) is 12.1 Å². The van der Waals surface area contributed by atoms with Gasteiger partial charge in [-0.1, -0.05) is 24.3 Å². The van der Waals surface area contributed by atoms with Gasteiger partial charge in [0, 0.05) is 43.8 Å². The molecule has 7 nitrogen and oxygen atoms in total. The van der Waals surface area contributed by atoms with Crippen molar-refractivity contribution in [3.8, 4) is 0 Å². The standard InChI is InChI=1S/C23H29N5O2/c1-16(2)28-22-20(13-26-28)10-21(12-24-22)23(29)25-11-18-5-4-6-19(9-18)15-27-7-8-30-17(3)14-27/h4-6,9-10,12-13,16-17H,7-8,11,14-15H2,1-3H3,(H,25,29). The summed E-state index contributed by atoms with van der Waals surface area (Å²) in [6, 6.07) is 10.5. The number of pyridine rings is 1. The Bertz CT molecular complexity index is 1030. The summed E-state index contributed by atoms with van der Waals surface area (Å²) in [4.78, 5) is 19.5. The summed E-state index contributed by atoms with van der Waals surface area (Å²) in [6.07, 6.45) is 3.66. The predicted octanol–water partition coefficient (Wildman–Crippen LogP) is 3.16. The van der Waals surface area contributed by atoms with Crippen molar-refractivity contribution < 1.29 is 9.53 Å². The van der Waals surface area contributed by atoms with Gasteiger partial charge in [0.05, 0.1) is 24.5 Å². The minimum Gasteiger partial charge on any atom is -0.376 e. The van der Waals surface area contributed by atoms with Gasteiger partial charge in [0.15, 0.2) is 5.65 Å². The van der Waals surface area contributed by atoms with Crippen LogP contribution in [0.5, 0.6) is 0 Å². The fourth-order valence-electron chi connectivity index (χ4n) is 3.86. The summed E-state index contributed by atoms with van der Waals surface area (Å²) in [6.45, 7) is 10.3. The van der Waals surface area contributed by atoms with Gasteiger partial charge in [0.1, 0.15) is 0 Å². The molecule has 3 aromatic rings. The molecule has 1 saturated heterocycles. The second-order valence-electron chi connectivity index (χ2n) is 8.24. The van der Waals surface area contributed by atoms with E-state index in [-0.39, 0.29) is 18.1 Å². The topological polar surface area (TPSA) is 72.3 Å². The van der Waals surface area contributed by atoms with Gasteiger partial charge in [-0.05, 0) is 38.0 Å². The second kappa shape index (κ2) is 8.93. The summed E-state index contributed by atoms with van der Waals surface area (Å²) >= 11 is 0. The number of benzene rings is 1. The molecule has 0 spiro atoms. The molecule has 1 aliphatic rings. The molecule has 158 valence electrons. The number of amides is 1. The summed E-state index contributed by atoms with van der Waals surface area (Å²) in [5, 5.41) is 8.24. The molecule has 0 aliphatic carbocycles. The average molecular weight is 408 g/mol. The van der Waals surface area contributed by atoms with Gasteiger partial charge in [0.25, 0.3) is 5.91 Å². The van der Waals surface area contributed by atoms with E-state index >= 15 is 0 Å². The van der Waals surface area contributed by atoms with Crippen LogP contribution in [0, 0.1) is 0 Å². The third-order valence-electron chi connectivity index (χ3n) is 5.36. The minimum absolute atomic E-state index is 0.130. The quantitative estimate of drug-likeness (QED) is 0.680. The molecule has 1 atom stereocenters. The summed E-state index contributed by atoms with van der Waals surface area (Å²) in [7, 11) is 0. The van der Waals surface area contributed by atoms with E-state index in [1.807, 2.05) is 16.8 Å². The maximum Gasteiger partial charge on any atom is 0.253 e. The first kappa shape index (κ1) is 20.5. The maximum atomic E-state index is 12.6. The Morgan fingerprint density at radius 3 is 2.90 bits per heavy atom. The SMILES string of the molecule is CC1CN(Cc2cccc(CNC(=O)c3cnc4c(cnn4C(C)C)c3)c2)CCO1. The number of rotatable bonds is 6. The predicted molar refractivity (Wildman–Crippen MR) is 116 cm³/mol. The first-order valence-electron chi connectivity index (χ1n) is 10.5. The first-order chi connectivity index (χ1) is 14.5. The van der Waals surface area contributed by atoms with E-state index in [1.165, 1.54) is 5.56 Å². The van der Waals surface area contributed by atoms with Gasteiger partial charge in [0.2, 0.25) is 0 Å². The van der Waals surface area contributed by atoms with Crippen LogP contribution in [-0.4, -0.2) is 51.4 Å². The van der Waals surface area contributed by atoms with Gasteiger partial charge in [-0.2, -0.15) is 5.10 Å². The van der Waals surface area contributed by atoms with Crippen molar-refractivity contribution >= 4 is 16.9 Å². The van der Waals surface area contributed by atoms with Crippen LogP contribution < -0.4 is 5.32 Å². The van der Waals surface area contributed by atoms with Crippen molar-refractivity contribution in [2.24, 2.45) is 0 Å². The Kier molecular flexibility index (Phi) is 6.11. The van der Waals surface area contributed by atoms with Crippen LogP contribution in [0.4, 0.5) is 0 Å². The monoisotopic (exact) mass is 407 g/mol. The molecule has 3 heterocycles. The number of morpholine rings is 1. The highest BCUT2D eigenvalue weighted by Crippen LogP contribution is 2.17. The molecule has 7 heteroatoms. The van der Waals surface area contributed by atoms with Crippen LogP contribution in [0.15, 0.2) is 42.7 Å². The van der Waals surface area contributed by atoms with Crippen LogP contribution in [0.2, 0.25) is 0 Å². The van der Waals surface area contributed by atoms with E-state index in [1.54, 1.807) is 12.4 Å². The van der Waals surface area contributed by atoms with E-state index in [0.717, 1.165) is 42.8 Å². The number of carbonyl (C=O) groups excluding carboxylic acids is 1. The fourth-order valence-corrected chi connectivity index (χ4v) is 3.86. The van der Waals surface area contributed by atoms with Crippen molar-refractivity contribution in [2.45, 2.75) is 46.0 Å². The number of hydrogen-bond donors (Lipinski definition) is 1. The van der Waals surface area contributed by atoms with Crippen molar-refractivity contribution in [1.82, 2.24) is 25.0 Å². The van der Waals surface area contributed by atoms with Crippen LogP contribution >= 0.6 is 0 Å². The summed E-state index contributed by atoms with van der Waals surface area (Å²) < 4.78 is 7.48. The number of nitrogens with zero attached hydrogens (tertiary/aromatic N) is 4. The number of nitrogens with one attached hydrogen (secondary N) is 1. The van der Waals surface area contributed by atoms with Crippen LogP contribution in [0.25, 0.3) is 11.0 Å². The molecule has 1 fully saturated rings. The lowest BCUT2D eigenvalue weighted by atomic mass is 10.1. The van der Waals surface area contributed by atoms with Crippen molar-refractivity contribution in [1.29, 1.82) is 0 Å². The molecular weight excluding hydrogens is 378 g/mol.